The highest BCUT2D eigenvalue weighted by molar-refractivity contribution is 6.12. The van der Waals surface area contributed by atoms with Crippen LogP contribution in [0.15, 0.2) is 78.9 Å². The van der Waals surface area contributed by atoms with Gasteiger partial charge in [0.25, 0.3) is 0 Å². The fourth-order valence-corrected chi connectivity index (χ4v) is 7.25. The minimum Gasteiger partial charge on any atom is -0.344 e. The summed E-state index contributed by atoms with van der Waals surface area (Å²) in [6, 6.07) is 28.0. The van der Waals surface area contributed by atoms with Gasteiger partial charge in [0.15, 0.2) is 5.78 Å². The zero-order chi connectivity index (χ0) is 31.2. The van der Waals surface area contributed by atoms with E-state index >= 15 is 0 Å². The average Bonchev–Trinajstić information content (AvgIpc) is 2.92. The predicted molar refractivity (Wildman–Crippen MR) is 184 cm³/mol. The molecule has 0 aromatic heterocycles. The summed E-state index contributed by atoms with van der Waals surface area (Å²) in [7, 11) is 2.10. The van der Waals surface area contributed by atoms with E-state index in [0.29, 0.717) is 5.56 Å². The van der Waals surface area contributed by atoms with E-state index in [9.17, 15) is 4.79 Å². The second-order valence-corrected chi connectivity index (χ2v) is 12.4. The Hall–Kier alpha value is -4.43. The predicted octanol–water partition coefficient (Wildman–Crippen LogP) is 10.8. The second-order valence-electron chi connectivity index (χ2n) is 12.4. The third kappa shape index (κ3) is 5.67. The van der Waals surface area contributed by atoms with Crippen molar-refractivity contribution in [2.75, 3.05) is 11.9 Å². The van der Waals surface area contributed by atoms with Crippen LogP contribution in [0.3, 0.4) is 0 Å². The maximum Gasteiger partial charge on any atom is 0.193 e. The molecule has 0 heterocycles. The zero-order valence-corrected chi connectivity index (χ0v) is 27.4. The molecule has 0 saturated heterocycles. The minimum absolute atomic E-state index is 0.0644. The standard InChI is InChI=1S/C41H43NO/c1-24-18-26(3)37(27(4)19-24)33-14-16-36(17-15-33)42(10)40-31(8)22-30(7)39(32(40)9)41(43)35-13-11-12-34(23-35)38-28(5)20-25(2)21-29(38)6/h11-23H,1-10H3. The number of benzene rings is 5. The molecule has 0 bridgehead atoms. The van der Waals surface area contributed by atoms with Crippen LogP contribution in [-0.2, 0) is 0 Å². The summed E-state index contributed by atoms with van der Waals surface area (Å²) in [5.41, 5.74) is 19.2. The van der Waals surface area contributed by atoms with Crippen LogP contribution < -0.4 is 4.90 Å². The molecule has 0 aliphatic carbocycles. The summed E-state index contributed by atoms with van der Waals surface area (Å²) in [5.74, 6) is 0.0644. The highest BCUT2D eigenvalue weighted by Crippen LogP contribution is 2.37. The number of carbonyl (C=O) groups is 1. The Morgan fingerprint density at radius 1 is 0.535 bits per heavy atom. The molecular weight excluding hydrogens is 522 g/mol. The molecule has 5 aromatic carbocycles. The van der Waals surface area contributed by atoms with Crippen molar-refractivity contribution in [1.29, 1.82) is 0 Å². The summed E-state index contributed by atoms with van der Waals surface area (Å²) in [6.07, 6.45) is 0. The van der Waals surface area contributed by atoms with Gasteiger partial charge in [-0.3, -0.25) is 4.79 Å². The van der Waals surface area contributed by atoms with Crippen LogP contribution in [-0.4, -0.2) is 12.8 Å². The van der Waals surface area contributed by atoms with Crippen LogP contribution in [0.2, 0.25) is 0 Å². The van der Waals surface area contributed by atoms with Gasteiger partial charge in [0.1, 0.15) is 0 Å². The van der Waals surface area contributed by atoms with E-state index in [1.807, 2.05) is 12.1 Å². The summed E-state index contributed by atoms with van der Waals surface area (Å²) in [5, 5.41) is 0. The number of ketones is 1. The molecule has 0 fully saturated rings. The third-order valence-electron chi connectivity index (χ3n) is 8.80. The number of carbonyl (C=O) groups excluding carboxylic acids is 1. The molecule has 5 aromatic rings. The number of nitrogens with zero attached hydrogens (tertiary/aromatic N) is 1. The molecule has 2 nitrogen and oxygen atoms in total. The van der Waals surface area contributed by atoms with Crippen molar-refractivity contribution >= 4 is 17.2 Å². The Morgan fingerprint density at radius 3 is 1.58 bits per heavy atom. The van der Waals surface area contributed by atoms with Crippen molar-refractivity contribution < 1.29 is 4.79 Å². The lowest BCUT2D eigenvalue weighted by molar-refractivity contribution is 0.103. The molecule has 5 rings (SSSR count). The largest absolute Gasteiger partial charge is 0.344 e. The van der Waals surface area contributed by atoms with E-state index in [2.05, 4.69) is 141 Å². The topological polar surface area (TPSA) is 20.3 Å². The first-order valence-electron chi connectivity index (χ1n) is 15.1. The van der Waals surface area contributed by atoms with Gasteiger partial charge in [0.2, 0.25) is 0 Å². The van der Waals surface area contributed by atoms with E-state index in [1.165, 1.54) is 50.1 Å². The van der Waals surface area contributed by atoms with Gasteiger partial charge >= 0.3 is 0 Å². The van der Waals surface area contributed by atoms with Gasteiger partial charge in [0.05, 0.1) is 0 Å². The fourth-order valence-electron chi connectivity index (χ4n) is 7.25. The molecule has 0 aliphatic heterocycles. The van der Waals surface area contributed by atoms with Crippen molar-refractivity contribution in [3.8, 4) is 22.3 Å². The first-order valence-corrected chi connectivity index (χ1v) is 15.1. The van der Waals surface area contributed by atoms with Crippen LogP contribution in [0.25, 0.3) is 22.3 Å². The van der Waals surface area contributed by atoms with E-state index in [1.54, 1.807) is 0 Å². The molecule has 0 atom stereocenters. The normalized spacial score (nSPS) is 11.1. The number of rotatable bonds is 6. The molecule has 0 N–H and O–H groups in total. The van der Waals surface area contributed by atoms with Gasteiger partial charge in [-0.25, -0.2) is 0 Å². The Bertz CT molecular complexity index is 1830. The maximum absolute atomic E-state index is 14.2. The lowest BCUT2D eigenvalue weighted by atomic mass is 9.88. The molecule has 43 heavy (non-hydrogen) atoms. The van der Waals surface area contributed by atoms with Gasteiger partial charge in [-0.1, -0.05) is 71.8 Å². The SMILES string of the molecule is Cc1cc(C)c(-c2ccc(N(C)c3c(C)cc(C)c(C(=O)c4cccc(-c5c(C)cc(C)cc5C)c4)c3C)cc2)c(C)c1. The fraction of sp³-hybridized carbons (Fsp3) is 0.244. The van der Waals surface area contributed by atoms with Crippen molar-refractivity contribution in [2.45, 2.75) is 62.3 Å². The molecular formula is C41H43NO. The quantitative estimate of drug-likeness (QED) is 0.191. The maximum atomic E-state index is 14.2. The van der Waals surface area contributed by atoms with Crippen molar-refractivity contribution in [3.05, 3.63) is 140 Å². The van der Waals surface area contributed by atoms with Crippen molar-refractivity contribution in [1.82, 2.24) is 0 Å². The summed E-state index contributed by atoms with van der Waals surface area (Å²) in [4.78, 5) is 16.4. The van der Waals surface area contributed by atoms with Gasteiger partial charge in [0, 0.05) is 29.5 Å². The highest BCUT2D eigenvalue weighted by atomic mass is 16.1. The van der Waals surface area contributed by atoms with Crippen LogP contribution in [0, 0.1) is 62.3 Å². The molecule has 0 aliphatic rings. The third-order valence-corrected chi connectivity index (χ3v) is 8.80. The van der Waals surface area contributed by atoms with Crippen LogP contribution in [0.5, 0.6) is 0 Å². The molecule has 0 radical (unpaired) electrons. The Kier molecular flexibility index (Phi) is 8.16. The molecule has 0 spiro atoms. The number of hydrogen-bond acceptors (Lipinski definition) is 2. The van der Waals surface area contributed by atoms with E-state index in [-0.39, 0.29) is 5.78 Å². The van der Waals surface area contributed by atoms with Crippen LogP contribution >= 0.6 is 0 Å². The van der Waals surface area contributed by atoms with Crippen molar-refractivity contribution in [3.63, 3.8) is 0 Å². The van der Waals surface area contributed by atoms with Crippen molar-refractivity contribution in [2.24, 2.45) is 0 Å². The second kappa shape index (κ2) is 11.7. The zero-order valence-electron chi connectivity index (χ0n) is 27.4. The average molecular weight is 566 g/mol. The molecule has 0 unspecified atom stereocenters. The van der Waals surface area contributed by atoms with Crippen LogP contribution in [0.4, 0.5) is 11.4 Å². The highest BCUT2D eigenvalue weighted by Gasteiger charge is 2.22. The van der Waals surface area contributed by atoms with Gasteiger partial charge in [-0.15, -0.1) is 0 Å². The first kappa shape index (κ1) is 30.0. The molecule has 218 valence electrons. The lowest BCUT2D eigenvalue weighted by Gasteiger charge is -2.26. The minimum atomic E-state index is 0.0644. The summed E-state index contributed by atoms with van der Waals surface area (Å²) < 4.78 is 0. The molecule has 0 amide bonds. The van der Waals surface area contributed by atoms with Gasteiger partial charge < -0.3 is 4.90 Å². The van der Waals surface area contributed by atoms with E-state index in [0.717, 1.165) is 39.2 Å². The first-order chi connectivity index (χ1) is 20.4. The molecule has 2 heteroatoms. The summed E-state index contributed by atoms with van der Waals surface area (Å²) >= 11 is 0. The van der Waals surface area contributed by atoms with Gasteiger partial charge in [-0.05, 0) is 142 Å². The molecule has 0 saturated carbocycles. The number of anilines is 2. The number of aryl methyl sites for hydroxylation is 8. The van der Waals surface area contributed by atoms with E-state index < -0.39 is 0 Å². The Balaban J connectivity index is 1.52. The lowest BCUT2D eigenvalue weighted by Crippen LogP contribution is -2.16. The monoisotopic (exact) mass is 565 g/mol. The van der Waals surface area contributed by atoms with Gasteiger partial charge in [-0.2, -0.15) is 0 Å². The Morgan fingerprint density at radius 2 is 1.05 bits per heavy atom. The van der Waals surface area contributed by atoms with Crippen LogP contribution in [0.1, 0.15) is 66.0 Å². The van der Waals surface area contributed by atoms with E-state index in [4.69, 9.17) is 0 Å². The smallest absolute Gasteiger partial charge is 0.193 e. The number of hydrogen-bond donors (Lipinski definition) is 0. The summed E-state index contributed by atoms with van der Waals surface area (Å²) in [6.45, 7) is 19.2. The Labute approximate surface area is 258 Å².